The number of nitrogens with two attached hydrogens (primary N) is 1. The van der Waals surface area contributed by atoms with E-state index in [1.807, 2.05) is 0 Å². The standard InChI is InChI=1S/C15H23ClFN/c1-3-5-7-11(4-2)14(18)10-12-8-6-9-13(16)15(12)17/h6,8-9,11,14H,3-5,7,10,18H2,1-2H3. The summed E-state index contributed by atoms with van der Waals surface area (Å²) >= 11 is 5.78. The quantitative estimate of drug-likeness (QED) is 0.773. The van der Waals surface area contributed by atoms with Crippen molar-refractivity contribution in [3.05, 3.63) is 34.6 Å². The molecule has 1 aromatic carbocycles. The highest BCUT2D eigenvalue weighted by Crippen LogP contribution is 2.23. The minimum absolute atomic E-state index is 0.00881. The maximum Gasteiger partial charge on any atom is 0.145 e. The van der Waals surface area contributed by atoms with Crippen molar-refractivity contribution in [3.8, 4) is 0 Å². The maximum atomic E-state index is 13.8. The van der Waals surface area contributed by atoms with Crippen LogP contribution in [0.5, 0.6) is 0 Å². The second kappa shape index (κ2) is 7.75. The molecular formula is C15H23ClFN. The van der Waals surface area contributed by atoms with Crippen LogP contribution in [0, 0.1) is 11.7 Å². The van der Waals surface area contributed by atoms with Gasteiger partial charge in [-0.15, -0.1) is 0 Å². The lowest BCUT2D eigenvalue weighted by molar-refractivity contribution is 0.366. The molecule has 0 saturated carbocycles. The van der Waals surface area contributed by atoms with Gasteiger partial charge in [-0.3, -0.25) is 0 Å². The first kappa shape index (κ1) is 15.5. The molecule has 0 radical (unpaired) electrons. The van der Waals surface area contributed by atoms with E-state index in [1.165, 1.54) is 12.8 Å². The van der Waals surface area contributed by atoms with E-state index in [0.29, 0.717) is 17.9 Å². The Balaban J connectivity index is 2.67. The zero-order valence-electron chi connectivity index (χ0n) is 11.3. The lowest BCUT2D eigenvalue weighted by atomic mass is 9.88. The van der Waals surface area contributed by atoms with Crippen LogP contribution in [0.4, 0.5) is 4.39 Å². The Bertz CT molecular complexity index is 368. The Kier molecular flexibility index (Phi) is 6.66. The summed E-state index contributed by atoms with van der Waals surface area (Å²) in [7, 11) is 0. The smallest absolute Gasteiger partial charge is 0.145 e. The Labute approximate surface area is 115 Å². The van der Waals surface area contributed by atoms with Crippen LogP contribution in [0.3, 0.4) is 0 Å². The fourth-order valence-electron chi connectivity index (χ4n) is 2.31. The Morgan fingerprint density at radius 3 is 2.67 bits per heavy atom. The molecule has 2 N–H and O–H groups in total. The zero-order chi connectivity index (χ0) is 13.5. The number of halogens is 2. The van der Waals surface area contributed by atoms with Crippen molar-refractivity contribution in [1.82, 2.24) is 0 Å². The van der Waals surface area contributed by atoms with Crippen LogP contribution in [0.2, 0.25) is 5.02 Å². The van der Waals surface area contributed by atoms with E-state index in [-0.39, 0.29) is 16.9 Å². The Morgan fingerprint density at radius 1 is 1.33 bits per heavy atom. The van der Waals surface area contributed by atoms with Gasteiger partial charge >= 0.3 is 0 Å². The molecule has 1 aromatic rings. The highest BCUT2D eigenvalue weighted by atomic mass is 35.5. The second-order valence-corrected chi connectivity index (χ2v) is 5.30. The molecule has 102 valence electrons. The molecule has 0 spiro atoms. The minimum atomic E-state index is -0.319. The molecule has 18 heavy (non-hydrogen) atoms. The predicted octanol–water partition coefficient (Wildman–Crippen LogP) is 4.57. The van der Waals surface area contributed by atoms with Gasteiger partial charge in [-0.2, -0.15) is 0 Å². The van der Waals surface area contributed by atoms with Crippen LogP contribution < -0.4 is 5.73 Å². The highest BCUT2D eigenvalue weighted by molar-refractivity contribution is 6.30. The monoisotopic (exact) mass is 271 g/mol. The summed E-state index contributed by atoms with van der Waals surface area (Å²) in [6.07, 6.45) is 5.09. The largest absolute Gasteiger partial charge is 0.327 e. The number of hydrogen-bond acceptors (Lipinski definition) is 1. The van der Waals surface area contributed by atoms with Crippen molar-refractivity contribution in [2.45, 2.75) is 52.0 Å². The summed E-state index contributed by atoms with van der Waals surface area (Å²) < 4.78 is 13.8. The third kappa shape index (κ3) is 4.25. The summed E-state index contributed by atoms with van der Waals surface area (Å²) in [4.78, 5) is 0. The first-order valence-electron chi connectivity index (χ1n) is 6.78. The van der Waals surface area contributed by atoms with E-state index >= 15 is 0 Å². The van der Waals surface area contributed by atoms with Crippen LogP contribution >= 0.6 is 11.6 Å². The fraction of sp³-hybridized carbons (Fsp3) is 0.600. The van der Waals surface area contributed by atoms with Gasteiger partial charge in [-0.1, -0.05) is 56.8 Å². The van der Waals surface area contributed by atoms with Crippen molar-refractivity contribution in [3.63, 3.8) is 0 Å². The van der Waals surface area contributed by atoms with Crippen LogP contribution in [-0.2, 0) is 6.42 Å². The van der Waals surface area contributed by atoms with E-state index in [0.717, 1.165) is 12.8 Å². The average Bonchev–Trinajstić information content (AvgIpc) is 2.36. The second-order valence-electron chi connectivity index (χ2n) is 4.89. The molecule has 1 nitrogen and oxygen atoms in total. The van der Waals surface area contributed by atoms with Crippen molar-refractivity contribution >= 4 is 11.6 Å². The summed E-state index contributed by atoms with van der Waals surface area (Å²) in [5, 5.41) is 0.182. The normalized spacial score (nSPS) is 14.5. The minimum Gasteiger partial charge on any atom is -0.327 e. The summed E-state index contributed by atoms with van der Waals surface area (Å²) in [6, 6.07) is 5.13. The number of benzene rings is 1. The van der Waals surface area contributed by atoms with E-state index < -0.39 is 0 Å². The van der Waals surface area contributed by atoms with Crippen molar-refractivity contribution in [1.29, 1.82) is 0 Å². The lowest BCUT2D eigenvalue weighted by Gasteiger charge is -2.23. The molecule has 0 aliphatic rings. The van der Waals surface area contributed by atoms with Crippen molar-refractivity contribution < 1.29 is 4.39 Å². The molecule has 0 amide bonds. The van der Waals surface area contributed by atoms with Gasteiger partial charge in [0.25, 0.3) is 0 Å². The lowest BCUT2D eigenvalue weighted by Crippen LogP contribution is -2.32. The fourth-order valence-corrected chi connectivity index (χ4v) is 2.51. The van der Waals surface area contributed by atoms with Crippen LogP contribution in [0.25, 0.3) is 0 Å². The van der Waals surface area contributed by atoms with Gasteiger partial charge in [-0.05, 0) is 30.4 Å². The van der Waals surface area contributed by atoms with E-state index in [2.05, 4.69) is 13.8 Å². The molecule has 0 aliphatic heterocycles. The van der Waals surface area contributed by atoms with Gasteiger partial charge in [0.1, 0.15) is 5.82 Å². The molecule has 3 heteroatoms. The zero-order valence-corrected chi connectivity index (χ0v) is 12.0. The summed E-state index contributed by atoms with van der Waals surface area (Å²) in [6.45, 7) is 4.32. The third-order valence-corrected chi connectivity index (χ3v) is 3.84. The molecule has 0 aliphatic carbocycles. The van der Waals surface area contributed by atoms with Gasteiger partial charge in [0, 0.05) is 6.04 Å². The number of rotatable bonds is 7. The van der Waals surface area contributed by atoms with Crippen LogP contribution in [0.15, 0.2) is 18.2 Å². The third-order valence-electron chi connectivity index (χ3n) is 3.55. The molecule has 0 bridgehead atoms. The van der Waals surface area contributed by atoms with E-state index in [9.17, 15) is 4.39 Å². The number of unbranched alkanes of at least 4 members (excludes halogenated alkanes) is 1. The molecule has 0 saturated heterocycles. The average molecular weight is 272 g/mol. The van der Waals surface area contributed by atoms with Gasteiger partial charge in [-0.25, -0.2) is 4.39 Å². The Morgan fingerprint density at radius 2 is 2.06 bits per heavy atom. The summed E-state index contributed by atoms with van der Waals surface area (Å²) in [5.41, 5.74) is 6.84. The van der Waals surface area contributed by atoms with Gasteiger partial charge in [0.2, 0.25) is 0 Å². The van der Waals surface area contributed by atoms with Crippen LogP contribution in [0.1, 0.15) is 45.1 Å². The predicted molar refractivity (Wildman–Crippen MR) is 76.4 cm³/mol. The van der Waals surface area contributed by atoms with Gasteiger partial charge < -0.3 is 5.73 Å². The van der Waals surface area contributed by atoms with Gasteiger partial charge in [0.15, 0.2) is 0 Å². The Hall–Kier alpha value is -0.600. The van der Waals surface area contributed by atoms with E-state index in [1.54, 1.807) is 18.2 Å². The molecule has 1 rings (SSSR count). The number of hydrogen-bond donors (Lipinski definition) is 1. The topological polar surface area (TPSA) is 26.0 Å². The first-order valence-corrected chi connectivity index (χ1v) is 7.16. The maximum absolute atomic E-state index is 13.8. The van der Waals surface area contributed by atoms with Crippen molar-refractivity contribution in [2.24, 2.45) is 11.7 Å². The summed E-state index contributed by atoms with van der Waals surface area (Å²) in [5.74, 6) is 0.142. The molecular weight excluding hydrogens is 249 g/mol. The van der Waals surface area contributed by atoms with E-state index in [4.69, 9.17) is 17.3 Å². The molecule has 0 aromatic heterocycles. The molecule has 2 atom stereocenters. The molecule has 0 heterocycles. The molecule has 0 fully saturated rings. The van der Waals surface area contributed by atoms with Crippen molar-refractivity contribution in [2.75, 3.05) is 0 Å². The highest BCUT2D eigenvalue weighted by Gasteiger charge is 2.18. The van der Waals surface area contributed by atoms with Crippen LogP contribution in [-0.4, -0.2) is 6.04 Å². The SMILES string of the molecule is CCCCC(CC)C(N)Cc1cccc(Cl)c1F. The molecule has 2 unspecified atom stereocenters. The first-order chi connectivity index (χ1) is 8.60. The van der Waals surface area contributed by atoms with Gasteiger partial charge in [0.05, 0.1) is 5.02 Å².